The van der Waals surface area contributed by atoms with Gasteiger partial charge in [0.25, 0.3) is 0 Å². The fourth-order valence-corrected chi connectivity index (χ4v) is 1.56. The van der Waals surface area contributed by atoms with Crippen LogP contribution in [0, 0.1) is 0 Å². The Morgan fingerprint density at radius 2 is 1.60 bits per heavy atom. The average Bonchev–Trinajstić information content (AvgIpc) is 2.35. The number of carbonyl (C=O) groups is 2. The van der Waals surface area contributed by atoms with E-state index in [1.807, 2.05) is 0 Å². The predicted molar refractivity (Wildman–Crippen MR) is 71.8 cm³/mol. The summed E-state index contributed by atoms with van der Waals surface area (Å²) in [5.74, 6) is -1.86. The van der Waals surface area contributed by atoms with Crippen molar-refractivity contribution in [3.8, 4) is 5.75 Å². The highest BCUT2D eigenvalue weighted by atomic mass is 16.6. The molecule has 3 N–H and O–H groups in total. The minimum Gasteiger partial charge on any atom is -0.508 e. The van der Waals surface area contributed by atoms with Gasteiger partial charge in [0.05, 0.1) is 7.11 Å². The van der Waals surface area contributed by atoms with Crippen LogP contribution in [-0.4, -0.2) is 29.8 Å². The van der Waals surface area contributed by atoms with Gasteiger partial charge in [-0.2, -0.15) is 0 Å². The molecular weight excluding hydrogens is 262 g/mol. The van der Waals surface area contributed by atoms with Crippen LogP contribution in [0.2, 0.25) is 0 Å². The van der Waals surface area contributed by atoms with Crippen LogP contribution in [-0.2, 0) is 24.6 Å². The van der Waals surface area contributed by atoms with Crippen LogP contribution in [0.4, 0.5) is 0 Å². The van der Waals surface area contributed by atoms with E-state index in [-0.39, 0.29) is 11.3 Å². The lowest BCUT2D eigenvalue weighted by Gasteiger charge is -2.29. The third kappa shape index (κ3) is 3.27. The summed E-state index contributed by atoms with van der Waals surface area (Å²) < 4.78 is 9.79. The summed E-state index contributed by atoms with van der Waals surface area (Å²) in [4.78, 5) is 24.2. The molecule has 20 heavy (non-hydrogen) atoms. The standard InChI is InChI=1S/C14H19NO5/c1-13(2,3)20-12(18)14(15,11(17)19-4)9-5-7-10(16)8-6-9/h5-8,16H,15H2,1-4H3. The quantitative estimate of drug-likeness (QED) is 0.635. The maximum Gasteiger partial charge on any atom is 0.343 e. The van der Waals surface area contributed by atoms with Crippen LogP contribution in [0.1, 0.15) is 26.3 Å². The minimum atomic E-state index is -2.07. The summed E-state index contributed by atoms with van der Waals surface area (Å²) in [5, 5.41) is 9.27. The highest BCUT2D eigenvalue weighted by Gasteiger charge is 2.48. The van der Waals surface area contributed by atoms with Crippen molar-refractivity contribution >= 4 is 11.9 Å². The lowest BCUT2D eigenvalue weighted by atomic mass is 9.90. The molecular formula is C14H19NO5. The molecule has 1 aromatic rings. The number of carbonyl (C=O) groups excluding carboxylic acids is 2. The summed E-state index contributed by atoms with van der Waals surface area (Å²) in [6, 6.07) is 5.39. The van der Waals surface area contributed by atoms with E-state index in [1.54, 1.807) is 20.8 Å². The van der Waals surface area contributed by atoms with Crippen molar-refractivity contribution in [2.75, 3.05) is 7.11 Å². The number of esters is 2. The first-order chi connectivity index (χ1) is 9.11. The molecule has 1 aromatic carbocycles. The van der Waals surface area contributed by atoms with Crippen LogP contribution in [0.3, 0.4) is 0 Å². The number of hydrogen-bond donors (Lipinski definition) is 2. The molecule has 0 fully saturated rings. The zero-order chi connectivity index (χ0) is 15.6. The Morgan fingerprint density at radius 1 is 1.10 bits per heavy atom. The zero-order valence-electron chi connectivity index (χ0n) is 12.0. The van der Waals surface area contributed by atoms with Crippen molar-refractivity contribution in [1.29, 1.82) is 0 Å². The van der Waals surface area contributed by atoms with Gasteiger partial charge in [0, 0.05) is 0 Å². The lowest BCUT2D eigenvalue weighted by Crippen LogP contribution is -2.54. The Hall–Kier alpha value is -2.08. The molecule has 0 radical (unpaired) electrons. The van der Waals surface area contributed by atoms with Gasteiger partial charge in [-0.25, -0.2) is 9.59 Å². The van der Waals surface area contributed by atoms with Gasteiger partial charge in [-0.3, -0.25) is 0 Å². The molecule has 0 aromatic heterocycles. The first kappa shape index (κ1) is 16.0. The summed E-state index contributed by atoms with van der Waals surface area (Å²) >= 11 is 0. The third-order valence-corrected chi connectivity index (χ3v) is 2.55. The van der Waals surface area contributed by atoms with E-state index in [1.165, 1.54) is 24.3 Å². The second-order valence-corrected chi connectivity index (χ2v) is 5.35. The summed E-state index contributed by atoms with van der Waals surface area (Å²) in [7, 11) is 1.13. The van der Waals surface area contributed by atoms with Crippen LogP contribution in [0.5, 0.6) is 5.75 Å². The first-order valence-electron chi connectivity index (χ1n) is 6.01. The molecule has 0 saturated heterocycles. The van der Waals surface area contributed by atoms with Crippen molar-refractivity contribution in [1.82, 2.24) is 0 Å². The fraction of sp³-hybridized carbons (Fsp3) is 0.429. The van der Waals surface area contributed by atoms with E-state index in [4.69, 9.17) is 10.5 Å². The average molecular weight is 281 g/mol. The van der Waals surface area contributed by atoms with E-state index in [0.717, 1.165) is 7.11 Å². The van der Waals surface area contributed by atoms with Gasteiger partial charge in [-0.15, -0.1) is 0 Å². The Morgan fingerprint density at radius 3 is 2.00 bits per heavy atom. The predicted octanol–water partition coefficient (Wildman–Crippen LogP) is 1.06. The molecule has 1 rings (SSSR count). The van der Waals surface area contributed by atoms with Crippen LogP contribution >= 0.6 is 0 Å². The molecule has 0 spiro atoms. The van der Waals surface area contributed by atoms with Crippen molar-refractivity contribution < 1.29 is 24.2 Å². The molecule has 0 amide bonds. The van der Waals surface area contributed by atoms with E-state index in [2.05, 4.69) is 4.74 Å². The normalized spacial score (nSPS) is 14.2. The Bertz CT molecular complexity index is 503. The van der Waals surface area contributed by atoms with Crippen molar-refractivity contribution in [2.45, 2.75) is 31.9 Å². The Labute approximate surface area is 117 Å². The maximum absolute atomic E-state index is 12.3. The van der Waals surface area contributed by atoms with Gasteiger partial charge in [-0.05, 0) is 38.5 Å². The molecule has 0 saturated carbocycles. The largest absolute Gasteiger partial charge is 0.508 e. The van der Waals surface area contributed by atoms with E-state index in [9.17, 15) is 14.7 Å². The molecule has 0 aliphatic heterocycles. The van der Waals surface area contributed by atoms with Gasteiger partial charge >= 0.3 is 11.9 Å². The lowest BCUT2D eigenvalue weighted by molar-refractivity contribution is -0.171. The number of methoxy groups -OCH3 is 1. The van der Waals surface area contributed by atoms with Crippen LogP contribution in [0.25, 0.3) is 0 Å². The highest BCUT2D eigenvalue weighted by Crippen LogP contribution is 2.26. The van der Waals surface area contributed by atoms with Gasteiger partial charge in [0.1, 0.15) is 11.4 Å². The first-order valence-corrected chi connectivity index (χ1v) is 6.01. The number of phenolic OH excluding ortho intramolecular Hbond substituents is 1. The third-order valence-electron chi connectivity index (χ3n) is 2.55. The highest BCUT2D eigenvalue weighted by molar-refractivity contribution is 6.05. The minimum absolute atomic E-state index is 0.00912. The molecule has 0 heterocycles. The summed E-state index contributed by atoms with van der Waals surface area (Å²) in [6.45, 7) is 5.00. The molecule has 1 unspecified atom stereocenters. The second-order valence-electron chi connectivity index (χ2n) is 5.35. The topological polar surface area (TPSA) is 98.9 Å². The summed E-state index contributed by atoms with van der Waals surface area (Å²) in [5.41, 5.74) is 3.25. The number of nitrogens with two attached hydrogens (primary N) is 1. The summed E-state index contributed by atoms with van der Waals surface area (Å²) in [6.07, 6.45) is 0. The van der Waals surface area contributed by atoms with E-state index < -0.39 is 23.1 Å². The molecule has 1 atom stereocenters. The van der Waals surface area contributed by atoms with Crippen molar-refractivity contribution in [2.24, 2.45) is 5.73 Å². The second kappa shape index (κ2) is 5.50. The number of hydrogen-bond acceptors (Lipinski definition) is 6. The smallest absolute Gasteiger partial charge is 0.343 e. The monoisotopic (exact) mass is 281 g/mol. The van der Waals surface area contributed by atoms with Crippen molar-refractivity contribution in [3.05, 3.63) is 29.8 Å². The van der Waals surface area contributed by atoms with Gasteiger partial charge in [0.15, 0.2) is 0 Å². The van der Waals surface area contributed by atoms with Crippen LogP contribution in [0.15, 0.2) is 24.3 Å². The number of benzene rings is 1. The van der Waals surface area contributed by atoms with Crippen LogP contribution < -0.4 is 5.73 Å². The SMILES string of the molecule is COC(=O)C(N)(C(=O)OC(C)(C)C)c1ccc(O)cc1. The molecule has 110 valence electrons. The Balaban J connectivity index is 3.26. The number of aromatic hydroxyl groups is 1. The molecule has 0 bridgehead atoms. The maximum atomic E-state index is 12.3. The molecule has 6 nitrogen and oxygen atoms in total. The number of phenols is 1. The fourth-order valence-electron chi connectivity index (χ4n) is 1.56. The number of ether oxygens (including phenoxy) is 2. The van der Waals surface area contributed by atoms with Gasteiger partial charge in [-0.1, -0.05) is 12.1 Å². The van der Waals surface area contributed by atoms with Crippen molar-refractivity contribution in [3.63, 3.8) is 0 Å². The number of rotatable bonds is 3. The Kier molecular flexibility index (Phi) is 4.39. The molecule has 0 aliphatic rings. The van der Waals surface area contributed by atoms with E-state index >= 15 is 0 Å². The molecule has 6 heteroatoms. The zero-order valence-corrected chi connectivity index (χ0v) is 12.0. The van der Waals surface area contributed by atoms with Gasteiger partial charge < -0.3 is 20.3 Å². The van der Waals surface area contributed by atoms with Gasteiger partial charge in [0.2, 0.25) is 5.54 Å². The van der Waals surface area contributed by atoms with E-state index in [0.29, 0.717) is 0 Å². The molecule has 0 aliphatic carbocycles.